The zero-order chi connectivity index (χ0) is 19.9. The molecule has 1 heterocycles. The van der Waals surface area contributed by atoms with Gasteiger partial charge < -0.3 is 19.7 Å². The van der Waals surface area contributed by atoms with Gasteiger partial charge in [0.2, 0.25) is 5.91 Å². The molecule has 0 saturated carbocycles. The molecule has 28 heavy (non-hydrogen) atoms. The van der Waals surface area contributed by atoms with E-state index in [2.05, 4.69) is 22.3 Å². The maximum Gasteiger partial charge on any atom is 0.227 e. The van der Waals surface area contributed by atoms with Gasteiger partial charge in [0, 0.05) is 25.2 Å². The third kappa shape index (κ3) is 4.97. The maximum absolute atomic E-state index is 12.0. The van der Waals surface area contributed by atoms with Gasteiger partial charge in [0.1, 0.15) is 17.6 Å². The highest BCUT2D eigenvalue weighted by atomic mass is 16.5. The second-order valence-electron chi connectivity index (χ2n) is 7.09. The lowest BCUT2D eigenvalue weighted by Crippen LogP contribution is -2.27. The summed E-state index contributed by atoms with van der Waals surface area (Å²) >= 11 is 0. The Morgan fingerprint density at radius 2 is 1.79 bits per heavy atom. The van der Waals surface area contributed by atoms with Crippen LogP contribution in [0.1, 0.15) is 38.7 Å². The van der Waals surface area contributed by atoms with Gasteiger partial charge >= 0.3 is 0 Å². The Hall–Kier alpha value is -2.69. The number of anilines is 1. The highest BCUT2D eigenvalue weighted by molar-refractivity contribution is 5.83. The van der Waals surface area contributed by atoms with Crippen molar-refractivity contribution in [1.29, 1.82) is 0 Å². The minimum atomic E-state index is -0.157. The number of nitrogens with zero attached hydrogens (tertiary/aromatic N) is 1. The number of amides is 1. The summed E-state index contributed by atoms with van der Waals surface area (Å²) in [5.41, 5.74) is 2.20. The van der Waals surface area contributed by atoms with Gasteiger partial charge in [-0.1, -0.05) is 12.1 Å². The number of rotatable bonds is 8. The van der Waals surface area contributed by atoms with Crippen LogP contribution >= 0.6 is 0 Å². The third-order valence-corrected chi connectivity index (χ3v) is 5.09. The van der Waals surface area contributed by atoms with Crippen molar-refractivity contribution in [3.8, 4) is 11.5 Å². The summed E-state index contributed by atoms with van der Waals surface area (Å²) in [4.78, 5) is 14.3. The van der Waals surface area contributed by atoms with Gasteiger partial charge in [0.05, 0.1) is 19.1 Å². The number of ether oxygens (including phenoxy) is 2. The largest absolute Gasteiger partial charge is 0.494 e. The summed E-state index contributed by atoms with van der Waals surface area (Å²) in [5, 5.41) is 2.86. The zero-order valence-corrected chi connectivity index (χ0v) is 17.0. The van der Waals surface area contributed by atoms with Crippen LogP contribution in [0.15, 0.2) is 48.5 Å². The quantitative estimate of drug-likeness (QED) is 0.750. The first-order chi connectivity index (χ1) is 13.6. The lowest BCUT2D eigenvalue weighted by molar-refractivity contribution is -0.122. The second kappa shape index (κ2) is 9.49. The molecule has 1 N–H and O–H groups in total. The van der Waals surface area contributed by atoms with E-state index in [4.69, 9.17) is 9.47 Å². The number of benzene rings is 2. The van der Waals surface area contributed by atoms with Crippen LogP contribution in [0.4, 0.5) is 5.69 Å². The Kier molecular flexibility index (Phi) is 6.80. The highest BCUT2D eigenvalue weighted by Gasteiger charge is 2.24. The van der Waals surface area contributed by atoms with Crippen LogP contribution in [0, 0.1) is 0 Å². The number of likely N-dealkylation sites (N-methyl/N-ethyl adjacent to an activating group) is 1. The Labute approximate surface area is 167 Å². The predicted molar refractivity (Wildman–Crippen MR) is 112 cm³/mol. The summed E-state index contributed by atoms with van der Waals surface area (Å²) in [6.45, 7) is 9.02. The van der Waals surface area contributed by atoms with Crippen LogP contribution in [0.25, 0.3) is 0 Å². The van der Waals surface area contributed by atoms with Crippen LogP contribution in [0.3, 0.4) is 0 Å². The smallest absolute Gasteiger partial charge is 0.227 e. The second-order valence-corrected chi connectivity index (χ2v) is 7.09. The van der Waals surface area contributed by atoms with Crippen molar-refractivity contribution in [2.45, 2.75) is 39.2 Å². The minimum absolute atomic E-state index is 0.0537. The van der Waals surface area contributed by atoms with Gasteiger partial charge in [0.15, 0.2) is 0 Å². The van der Waals surface area contributed by atoms with E-state index in [1.807, 2.05) is 57.2 Å². The highest BCUT2D eigenvalue weighted by Crippen LogP contribution is 2.26. The van der Waals surface area contributed by atoms with Crippen molar-refractivity contribution in [3.63, 3.8) is 0 Å². The molecule has 1 amide bonds. The molecular weight excluding hydrogens is 352 g/mol. The van der Waals surface area contributed by atoms with Gasteiger partial charge in [-0.05, 0) is 62.7 Å². The molecule has 150 valence electrons. The zero-order valence-electron chi connectivity index (χ0n) is 17.0. The van der Waals surface area contributed by atoms with E-state index in [9.17, 15) is 4.79 Å². The van der Waals surface area contributed by atoms with Crippen molar-refractivity contribution >= 4 is 11.6 Å². The molecule has 0 spiro atoms. The molecule has 0 aliphatic carbocycles. The molecule has 1 unspecified atom stereocenters. The molecule has 3 rings (SSSR count). The molecule has 2 atom stereocenters. The van der Waals surface area contributed by atoms with Crippen molar-refractivity contribution in [2.24, 2.45) is 0 Å². The normalized spacial score (nSPS) is 17.2. The fourth-order valence-electron chi connectivity index (χ4n) is 3.48. The van der Waals surface area contributed by atoms with Crippen molar-refractivity contribution < 1.29 is 14.3 Å². The lowest BCUT2D eigenvalue weighted by atomic mass is 10.0. The van der Waals surface area contributed by atoms with E-state index in [0.717, 1.165) is 36.6 Å². The summed E-state index contributed by atoms with van der Waals surface area (Å²) in [5.74, 6) is 1.65. The Morgan fingerprint density at radius 1 is 1.11 bits per heavy atom. The van der Waals surface area contributed by atoms with E-state index in [-0.39, 0.29) is 17.9 Å². The lowest BCUT2D eigenvalue weighted by Gasteiger charge is -2.19. The first kappa shape index (κ1) is 20.1. The topological polar surface area (TPSA) is 50.8 Å². The molecule has 1 saturated heterocycles. The van der Waals surface area contributed by atoms with Crippen molar-refractivity contribution in [3.05, 3.63) is 54.1 Å². The van der Waals surface area contributed by atoms with E-state index in [0.29, 0.717) is 13.2 Å². The third-order valence-electron chi connectivity index (χ3n) is 5.09. The average molecular weight is 383 g/mol. The molecule has 1 aliphatic rings. The molecule has 5 nitrogen and oxygen atoms in total. The number of hydrogen-bond donors (Lipinski definition) is 1. The van der Waals surface area contributed by atoms with Crippen LogP contribution in [-0.4, -0.2) is 38.3 Å². The van der Waals surface area contributed by atoms with Gasteiger partial charge in [-0.15, -0.1) is 0 Å². The molecule has 1 fully saturated rings. The Bertz CT molecular complexity index is 758. The van der Waals surface area contributed by atoms with E-state index < -0.39 is 0 Å². The Balaban J connectivity index is 1.54. The summed E-state index contributed by atoms with van der Waals surface area (Å²) < 4.78 is 11.7. The van der Waals surface area contributed by atoms with Gasteiger partial charge in [-0.2, -0.15) is 0 Å². The van der Waals surface area contributed by atoms with E-state index in [1.165, 1.54) is 5.69 Å². The summed E-state index contributed by atoms with van der Waals surface area (Å²) in [6, 6.07) is 16.1. The van der Waals surface area contributed by atoms with Gasteiger partial charge in [0.25, 0.3) is 0 Å². The molecule has 0 bridgehead atoms. The summed E-state index contributed by atoms with van der Waals surface area (Å²) in [7, 11) is 0. The molecule has 0 aromatic heterocycles. The first-order valence-electron chi connectivity index (χ1n) is 10.1. The van der Waals surface area contributed by atoms with Gasteiger partial charge in [-0.3, -0.25) is 4.79 Å². The van der Waals surface area contributed by atoms with Crippen LogP contribution < -0.4 is 19.7 Å². The average Bonchev–Trinajstić information content (AvgIpc) is 3.17. The van der Waals surface area contributed by atoms with E-state index in [1.54, 1.807) is 0 Å². The van der Waals surface area contributed by atoms with E-state index >= 15 is 0 Å². The monoisotopic (exact) mass is 382 g/mol. The number of hydrogen-bond acceptors (Lipinski definition) is 4. The SMILES string of the molecule is CCNC(=O)C(C)c1ccc(O[C@@H]2CCN(c3ccc(OCC)cc3)C2)cc1. The standard InChI is InChI=1S/C23H30N2O3/c1-4-24-23(26)17(3)18-6-10-21(11-7-18)28-22-14-15-25(16-22)19-8-12-20(13-9-19)27-5-2/h6-13,17,22H,4-5,14-16H2,1-3H3,(H,24,26)/t17?,22-/m1/s1. The minimum Gasteiger partial charge on any atom is -0.494 e. The first-order valence-corrected chi connectivity index (χ1v) is 10.1. The number of carbonyl (C=O) groups is 1. The molecule has 5 heteroatoms. The fourth-order valence-corrected chi connectivity index (χ4v) is 3.48. The Morgan fingerprint density at radius 3 is 2.43 bits per heavy atom. The number of carbonyl (C=O) groups excluding carboxylic acids is 1. The molecule has 0 radical (unpaired) electrons. The van der Waals surface area contributed by atoms with Crippen molar-refractivity contribution in [1.82, 2.24) is 5.32 Å². The van der Waals surface area contributed by atoms with Gasteiger partial charge in [-0.25, -0.2) is 0 Å². The van der Waals surface area contributed by atoms with Crippen LogP contribution in [-0.2, 0) is 4.79 Å². The van der Waals surface area contributed by atoms with Crippen LogP contribution in [0.5, 0.6) is 11.5 Å². The maximum atomic E-state index is 12.0. The van der Waals surface area contributed by atoms with Crippen LogP contribution in [0.2, 0.25) is 0 Å². The summed E-state index contributed by atoms with van der Waals surface area (Å²) in [6.07, 6.45) is 1.16. The molecule has 2 aromatic carbocycles. The molecule has 1 aliphatic heterocycles. The molecular formula is C23H30N2O3. The number of nitrogens with one attached hydrogen (secondary N) is 1. The molecule has 2 aromatic rings. The predicted octanol–water partition coefficient (Wildman–Crippen LogP) is 3.98. The fraction of sp³-hybridized carbons (Fsp3) is 0.435. The van der Waals surface area contributed by atoms with Crippen molar-refractivity contribution in [2.75, 3.05) is 31.1 Å².